The quantitative estimate of drug-likeness (QED) is 0.853. The van der Waals surface area contributed by atoms with Gasteiger partial charge in [-0.3, -0.25) is 4.79 Å². The molecule has 0 saturated heterocycles. The molecule has 1 aromatic rings. The minimum atomic E-state index is -0.108. The molecule has 1 aliphatic heterocycles. The van der Waals surface area contributed by atoms with Gasteiger partial charge < -0.3 is 15.8 Å². The van der Waals surface area contributed by atoms with Crippen molar-refractivity contribution in [1.29, 1.82) is 0 Å². The van der Waals surface area contributed by atoms with E-state index in [-0.39, 0.29) is 11.9 Å². The number of fused-ring (bicyclic) bond motifs is 1. The van der Waals surface area contributed by atoms with Crippen molar-refractivity contribution in [3.05, 3.63) is 28.8 Å². The Morgan fingerprint density at radius 3 is 2.89 bits per heavy atom. The summed E-state index contributed by atoms with van der Waals surface area (Å²) < 4.78 is 5.10. The van der Waals surface area contributed by atoms with Crippen LogP contribution in [0.25, 0.3) is 0 Å². The van der Waals surface area contributed by atoms with Gasteiger partial charge in [0.15, 0.2) is 0 Å². The number of nitrogens with one attached hydrogen (secondary N) is 1. The molecule has 2 rings (SSSR count). The highest BCUT2D eigenvalue weighted by molar-refractivity contribution is 5.94. The summed E-state index contributed by atoms with van der Waals surface area (Å²) in [7, 11) is 1.65. The van der Waals surface area contributed by atoms with Gasteiger partial charge in [-0.15, -0.1) is 0 Å². The first-order valence-electron chi connectivity index (χ1n) is 6.35. The van der Waals surface area contributed by atoms with Crippen LogP contribution in [0.2, 0.25) is 0 Å². The van der Waals surface area contributed by atoms with E-state index in [1.165, 1.54) is 5.56 Å². The van der Waals surface area contributed by atoms with E-state index in [9.17, 15) is 4.79 Å². The maximum Gasteiger partial charge on any atom is 0.224 e. The van der Waals surface area contributed by atoms with Crippen LogP contribution >= 0.6 is 0 Å². The molecular weight excluding hydrogens is 228 g/mol. The number of methoxy groups -OCH3 is 1. The zero-order valence-corrected chi connectivity index (χ0v) is 11.0. The van der Waals surface area contributed by atoms with Crippen LogP contribution in [-0.4, -0.2) is 19.6 Å². The molecular formula is C14H20N2O2. The average Bonchev–Trinajstić information content (AvgIpc) is 2.37. The van der Waals surface area contributed by atoms with Gasteiger partial charge >= 0.3 is 0 Å². The molecule has 3 N–H and O–H groups in total. The molecule has 0 saturated carbocycles. The lowest BCUT2D eigenvalue weighted by Crippen LogP contribution is -2.22. The predicted molar refractivity (Wildman–Crippen MR) is 71.6 cm³/mol. The molecule has 0 aliphatic carbocycles. The van der Waals surface area contributed by atoms with Crippen LogP contribution in [0.4, 0.5) is 5.69 Å². The third kappa shape index (κ3) is 2.54. The van der Waals surface area contributed by atoms with E-state index in [1.807, 2.05) is 0 Å². The Hall–Kier alpha value is -1.39. The molecule has 1 heterocycles. The maximum absolute atomic E-state index is 11.5. The van der Waals surface area contributed by atoms with E-state index in [0.29, 0.717) is 13.0 Å². The van der Waals surface area contributed by atoms with Crippen LogP contribution in [0.1, 0.15) is 36.1 Å². The Kier molecular flexibility index (Phi) is 3.99. The van der Waals surface area contributed by atoms with Crippen molar-refractivity contribution in [2.45, 2.75) is 32.2 Å². The summed E-state index contributed by atoms with van der Waals surface area (Å²) in [5.41, 5.74) is 10.5. The lowest BCUT2D eigenvalue weighted by molar-refractivity contribution is -0.116. The van der Waals surface area contributed by atoms with Crippen LogP contribution in [-0.2, 0) is 22.4 Å². The number of nitrogens with two attached hydrogens (primary N) is 1. The minimum Gasteiger partial charge on any atom is -0.383 e. The minimum absolute atomic E-state index is 0.103. The zero-order valence-electron chi connectivity index (χ0n) is 11.0. The smallest absolute Gasteiger partial charge is 0.224 e. The molecule has 1 aliphatic rings. The summed E-state index contributed by atoms with van der Waals surface area (Å²) in [4.78, 5) is 11.5. The van der Waals surface area contributed by atoms with E-state index in [4.69, 9.17) is 10.5 Å². The number of anilines is 1. The highest BCUT2D eigenvalue weighted by Gasteiger charge is 2.19. The lowest BCUT2D eigenvalue weighted by atomic mass is 9.93. The molecule has 0 spiro atoms. The normalized spacial score (nSPS) is 16.1. The topological polar surface area (TPSA) is 64.3 Å². The van der Waals surface area contributed by atoms with Crippen molar-refractivity contribution in [2.75, 3.05) is 19.0 Å². The molecule has 4 heteroatoms. The highest BCUT2D eigenvalue weighted by Crippen LogP contribution is 2.30. The van der Waals surface area contributed by atoms with Crippen LogP contribution in [0.5, 0.6) is 0 Å². The molecule has 1 atom stereocenters. The molecule has 0 bridgehead atoms. The summed E-state index contributed by atoms with van der Waals surface area (Å²) in [5, 5.41) is 2.97. The van der Waals surface area contributed by atoms with Gasteiger partial charge in [0.1, 0.15) is 0 Å². The van der Waals surface area contributed by atoms with Gasteiger partial charge in [-0.05, 0) is 29.5 Å². The van der Waals surface area contributed by atoms with Crippen molar-refractivity contribution in [1.82, 2.24) is 0 Å². The molecule has 4 nitrogen and oxygen atoms in total. The molecule has 18 heavy (non-hydrogen) atoms. The number of hydrogen-bond donors (Lipinski definition) is 2. The van der Waals surface area contributed by atoms with E-state index in [1.54, 1.807) is 7.11 Å². The second kappa shape index (κ2) is 5.50. The Morgan fingerprint density at radius 2 is 2.22 bits per heavy atom. The first kappa shape index (κ1) is 13.1. The second-order valence-electron chi connectivity index (χ2n) is 4.68. The number of hydrogen-bond acceptors (Lipinski definition) is 3. The Bertz CT molecular complexity index is 440. The first-order chi connectivity index (χ1) is 8.65. The summed E-state index contributed by atoms with van der Waals surface area (Å²) in [5.74, 6) is 0.103. The SMILES string of the molecule is CCc1cc(C(N)COC)cc2c1NC(=O)CC2. The van der Waals surface area contributed by atoms with Crippen molar-refractivity contribution in [2.24, 2.45) is 5.73 Å². The van der Waals surface area contributed by atoms with Crippen LogP contribution in [0.15, 0.2) is 12.1 Å². The van der Waals surface area contributed by atoms with Crippen molar-refractivity contribution in [3.63, 3.8) is 0 Å². The number of benzene rings is 1. The molecule has 98 valence electrons. The van der Waals surface area contributed by atoms with Crippen LogP contribution in [0.3, 0.4) is 0 Å². The highest BCUT2D eigenvalue weighted by atomic mass is 16.5. The monoisotopic (exact) mass is 248 g/mol. The van der Waals surface area contributed by atoms with Gasteiger partial charge in [0.05, 0.1) is 12.6 Å². The van der Waals surface area contributed by atoms with Gasteiger partial charge in [-0.1, -0.05) is 19.1 Å². The molecule has 0 aromatic heterocycles. The summed E-state index contributed by atoms with van der Waals surface area (Å²) in [6, 6.07) is 4.06. The molecule has 0 radical (unpaired) electrons. The van der Waals surface area contributed by atoms with E-state index in [2.05, 4.69) is 24.4 Å². The van der Waals surface area contributed by atoms with Gasteiger partial charge in [-0.25, -0.2) is 0 Å². The summed E-state index contributed by atoms with van der Waals surface area (Å²) in [6.45, 7) is 2.59. The molecule has 1 aromatic carbocycles. The fraction of sp³-hybridized carbons (Fsp3) is 0.500. The number of carbonyl (C=O) groups excluding carboxylic acids is 1. The maximum atomic E-state index is 11.5. The average molecular weight is 248 g/mol. The van der Waals surface area contributed by atoms with E-state index < -0.39 is 0 Å². The third-order valence-electron chi connectivity index (χ3n) is 3.37. The number of rotatable bonds is 4. The summed E-state index contributed by atoms with van der Waals surface area (Å²) in [6.07, 6.45) is 2.23. The fourth-order valence-corrected chi connectivity index (χ4v) is 2.37. The molecule has 1 unspecified atom stereocenters. The number of amides is 1. The zero-order chi connectivity index (χ0) is 13.1. The fourth-order valence-electron chi connectivity index (χ4n) is 2.37. The van der Waals surface area contributed by atoms with Crippen molar-refractivity contribution < 1.29 is 9.53 Å². The van der Waals surface area contributed by atoms with Crippen molar-refractivity contribution >= 4 is 11.6 Å². The van der Waals surface area contributed by atoms with Crippen LogP contribution < -0.4 is 11.1 Å². The largest absolute Gasteiger partial charge is 0.383 e. The Labute approximate surface area is 108 Å². The van der Waals surface area contributed by atoms with Gasteiger partial charge in [0.25, 0.3) is 0 Å². The van der Waals surface area contributed by atoms with Gasteiger partial charge in [-0.2, -0.15) is 0 Å². The van der Waals surface area contributed by atoms with Gasteiger partial charge in [0, 0.05) is 19.2 Å². The predicted octanol–water partition coefficient (Wildman–Crippen LogP) is 1.78. The van der Waals surface area contributed by atoms with Gasteiger partial charge in [0.2, 0.25) is 5.91 Å². The second-order valence-corrected chi connectivity index (χ2v) is 4.68. The lowest BCUT2D eigenvalue weighted by Gasteiger charge is -2.23. The molecule has 0 fully saturated rings. The Balaban J connectivity index is 2.38. The Morgan fingerprint density at radius 1 is 1.44 bits per heavy atom. The van der Waals surface area contributed by atoms with Crippen molar-refractivity contribution in [3.8, 4) is 0 Å². The van der Waals surface area contributed by atoms with Crippen LogP contribution in [0, 0.1) is 0 Å². The number of ether oxygens (including phenoxy) is 1. The molecule has 1 amide bonds. The van der Waals surface area contributed by atoms with E-state index >= 15 is 0 Å². The number of carbonyl (C=O) groups is 1. The summed E-state index contributed by atoms with van der Waals surface area (Å²) >= 11 is 0. The van der Waals surface area contributed by atoms with E-state index in [0.717, 1.165) is 29.7 Å². The standard InChI is InChI=1S/C14H20N2O2/c1-3-9-6-11(12(15)8-18-2)7-10-4-5-13(17)16-14(9)10/h6-7,12H,3-5,8,15H2,1-2H3,(H,16,17). The first-order valence-corrected chi connectivity index (χ1v) is 6.35. The number of aryl methyl sites for hydroxylation is 2. The third-order valence-corrected chi connectivity index (χ3v) is 3.37.